The number of anilines is 1. The number of carbonyl (C=O) groups excluding carboxylic acids is 1. The second kappa shape index (κ2) is 9.58. The van der Waals surface area contributed by atoms with Crippen LogP contribution in [0, 0.1) is 5.82 Å². The topological polar surface area (TPSA) is 69.2 Å². The molecule has 0 spiro atoms. The summed E-state index contributed by atoms with van der Waals surface area (Å²) < 4.78 is 37.6. The SMILES string of the molecule is CC(=O)c1cccc(CC(Cc2cccc(NS(=O)[O-])c2)c2ccc(F)cc2)c1. The molecule has 0 fully saturated rings. The lowest BCUT2D eigenvalue weighted by atomic mass is 9.86. The van der Waals surface area contributed by atoms with Crippen molar-refractivity contribution in [3.05, 3.63) is 101 Å². The summed E-state index contributed by atoms with van der Waals surface area (Å²) in [7, 11) is 0. The van der Waals surface area contributed by atoms with E-state index in [-0.39, 0.29) is 17.5 Å². The zero-order valence-electron chi connectivity index (χ0n) is 15.9. The number of ketones is 1. The number of rotatable bonds is 8. The van der Waals surface area contributed by atoms with Crippen LogP contribution in [0.3, 0.4) is 0 Å². The molecule has 0 radical (unpaired) electrons. The Kier molecular flexibility index (Phi) is 6.90. The lowest BCUT2D eigenvalue weighted by molar-refractivity contribution is 0.101. The molecule has 3 aromatic carbocycles. The Labute approximate surface area is 172 Å². The van der Waals surface area contributed by atoms with Gasteiger partial charge in [-0.3, -0.25) is 9.00 Å². The summed E-state index contributed by atoms with van der Waals surface area (Å²) in [5, 5.41) is 0. The Morgan fingerprint density at radius 2 is 1.62 bits per heavy atom. The summed E-state index contributed by atoms with van der Waals surface area (Å²) in [6.45, 7) is 1.54. The van der Waals surface area contributed by atoms with Crippen molar-refractivity contribution in [1.29, 1.82) is 0 Å². The number of benzene rings is 3. The molecule has 4 nitrogen and oxygen atoms in total. The molecule has 0 bridgehead atoms. The van der Waals surface area contributed by atoms with E-state index < -0.39 is 11.3 Å². The normalized spacial score (nSPS) is 12.9. The fourth-order valence-electron chi connectivity index (χ4n) is 3.39. The van der Waals surface area contributed by atoms with E-state index in [1.54, 1.807) is 36.4 Å². The second-order valence-electron chi connectivity index (χ2n) is 6.95. The Bertz CT molecular complexity index is 1020. The van der Waals surface area contributed by atoms with Crippen molar-refractivity contribution in [2.24, 2.45) is 0 Å². The minimum atomic E-state index is -2.39. The van der Waals surface area contributed by atoms with Crippen molar-refractivity contribution in [2.75, 3.05) is 4.72 Å². The molecule has 1 N–H and O–H groups in total. The summed E-state index contributed by atoms with van der Waals surface area (Å²) in [6.07, 6.45) is 1.30. The molecule has 3 rings (SSSR count). The summed E-state index contributed by atoms with van der Waals surface area (Å²) in [6, 6.07) is 21.1. The molecular weight excluding hydrogens is 389 g/mol. The van der Waals surface area contributed by atoms with Gasteiger partial charge in [0, 0.05) is 22.5 Å². The van der Waals surface area contributed by atoms with Crippen LogP contribution in [0.5, 0.6) is 0 Å². The van der Waals surface area contributed by atoms with Crippen LogP contribution in [0.4, 0.5) is 10.1 Å². The maximum Gasteiger partial charge on any atom is 0.159 e. The van der Waals surface area contributed by atoms with Crippen molar-refractivity contribution in [2.45, 2.75) is 25.7 Å². The zero-order chi connectivity index (χ0) is 20.8. The van der Waals surface area contributed by atoms with Crippen LogP contribution in [0.2, 0.25) is 0 Å². The van der Waals surface area contributed by atoms with Crippen LogP contribution in [0.15, 0.2) is 72.8 Å². The third-order valence-corrected chi connectivity index (χ3v) is 5.17. The number of halogens is 1. The molecule has 29 heavy (non-hydrogen) atoms. The highest BCUT2D eigenvalue weighted by Gasteiger charge is 2.15. The molecule has 0 heterocycles. The second-order valence-corrected chi connectivity index (χ2v) is 7.62. The number of Topliss-reactive ketones (excluding diaryl/α,β-unsaturated/α-hetero) is 1. The molecule has 2 unspecified atom stereocenters. The maximum atomic E-state index is 13.4. The van der Waals surface area contributed by atoms with Gasteiger partial charge in [0.2, 0.25) is 0 Å². The van der Waals surface area contributed by atoms with Gasteiger partial charge in [-0.1, -0.05) is 42.5 Å². The van der Waals surface area contributed by atoms with Gasteiger partial charge in [0.1, 0.15) is 5.82 Å². The third kappa shape index (κ3) is 6.07. The highest BCUT2D eigenvalue weighted by molar-refractivity contribution is 7.80. The first-order chi connectivity index (χ1) is 13.9. The molecule has 6 heteroatoms. The summed E-state index contributed by atoms with van der Waals surface area (Å²) in [4.78, 5) is 11.7. The largest absolute Gasteiger partial charge is 0.755 e. The first kappa shape index (κ1) is 20.9. The average molecular weight is 410 g/mol. The van der Waals surface area contributed by atoms with Gasteiger partial charge in [0.25, 0.3) is 0 Å². The minimum absolute atomic E-state index is 0.00886. The third-order valence-electron chi connectivity index (χ3n) is 4.77. The van der Waals surface area contributed by atoms with Gasteiger partial charge in [-0.2, -0.15) is 0 Å². The highest BCUT2D eigenvalue weighted by Crippen LogP contribution is 2.27. The quantitative estimate of drug-likeness (QED) is 0.428. The monoisotopic (exact) mass is 410 g/mol. The Morgan fingerprint density at radius 1 is 1.00 bits per heavy atom. The molecule has 3 aromatic rings. The highest BCUT2D eigenvalue weighted by atomic mass is 32.2. The summed E-state index contributed by atoms with van der Waals surface area (Å²) in [5.41, 5.74) is 4.10. The van der Waals surface area contributed by atoms with E-state index in [4.69, 9.17) is 0 Å². The number of hydrogen-bond donors (Lipinski definition) is 1. The van der Waals surface area contributed by atoms with Crippen LogP contribution in [0.25, 0.3) is 0 Å². The van der Waals surface area contributed by atoms with Gasteiger partial charge in [-0.25, -0.2) is 4.39 Å². The predicted octanol–water partition coefficient (Wildman–Crippen LogP) is 4.80. The first-order valence-corrected chi connectivity index (χ1v) is 10.3. The minimum Gasteiger partial charge on any atom is -0.755 e. The molecular formula is C23H21FNO3S-. The predicted molar refractivity (Wildman–Crippen MR) is 112 cm³/mol. The van der Waals surface area contributed by atoms with Gasteiger partial charge in [0.15, 0.2) is 5.78 Å². The van der Waals surface area contributed by atoms with E-state index in [9.17, 15) is 17.9 Å². The van der Waals surface area contributed by atoms with E-state index in [2.05, 4.69) is 4.72 Å². The lowest BCUT2D eigenvalue weighted by Gasteiger charge is -2.19. The fourth-order valence-corrected chi connectivity index (χ4v) is 3.71. The van der Waals surface area contributed by atoms with E-state index in [0.717, 1.165) is 16.7 Å². The zero-order valence-corrected chi connectivity index (χ0v) is 16.7. The Balaban J connectivity index is 1.89. The Morgan fingerprint density at radius 3 is 2.24 bits per heavy atom. The maximum absolute atomic E-state index is 13.4. The van der Waals surface area contributed by atoms with Crippen molar-refractivity contribution < 1.29 is 17.9 Å². The van der Waals surface area contributed by atoms with Crippen LogP contribution in [-0.2, 0) is 24.1 Å². The van der Waals surface area contributed by atoms with Crippen LogP contribution in [-0.4, -0.2) is 14.5 Å². The van der Waals surface area contributed by atoms with Crippen molar-refractivity contribution in [3.8, 4) is 0 Å². The fraction of sp³-hybridized carbons (Fsp3) is 0.174. The van der Waals surface area contributed by atoms with E-state index in [0.29, 0.717) is 24.1 Å². The molecule has 2 atom stereocenters. The van der Waals surface area contributed by atoms with E-state index in [1.165, 1.54) is 19.1 Å². The number of carbonyl (C=O) groups is 1. The summed E-state index contributed by atoms with van der Waals surface area (Å²) >= 11 is -2.39. The molecule has 0 aromatic heterocycles. The molecule has 0 aliphatic carbocycles. The van der Waals surface area contributed by atoms with Crippen molar-refractivity contribution in [1.82, 2.24) is 0 Å². The first-order valence-electron chi connectivity index (χ1n) is 9.21. The van der Waals surface area contributed by atoms with Gasteiger partial charge in [-0.05, 0) is 72.7 Å². The van der Waals surface area contributed by atoms with Crippen molar-refractivity contribution >= 4 is 22.7 Å². The number of hydrogen-bond acceptors (Lipinski definition) is 3. The molecule has 0 amide bonds. The van der Waals surface area contributed by atoms with Gasteiger partial charge < -0.3 is 9.27 Å². The van der Waals surface area contributed by atoms with Crippen LogP contribution in [0.1, 0.15) is 39.9 Å². The Hall–Kier alpha value is -2.83. The average Bonchev–Trinajstić information content (AvgIpc) is 2.68. The molecule has 150 valence electrons. The number of nitrogens with one attached hydrogen (secondary N) is 1. The smallest absolute Gasteiger partial charge is 0.159 e. The van der Waals surface area contributed by atoms with Crippen LogP contribution < -0.4 is 4.72 Å². The van der Waals surface area contributed by atoms with Crippen molar-refractivity contribution in [3.63, 3.8) is 0 Å². The standard InChI is InChI=1S/C23H22FNO3S/c1-16(26)20-6-2-4-17(12-20)13-21(19-8-10-22(24)11-9-19)14-18-5-3-7-23(15-18)25-29(27)28/h2-12,15,21,25H,13-14H2,1H3,(H,27,28)/p-1. The molecule has 0 saturated heterocycles. The van der Waals surface area contributed by atoms with E-state index >= 15 is 0 Å². The van der Waals surface area contributed by atoms with Gasteiger partial charge >= 0.3 is 0 Å². The van der Waals surface area contributed by atoms with Gasteiger partial charge in [-0.15, -0.1) is 0 Å². The summed E-state index contributed by atoms with van der Waals surface area (Å²) in [5.74, 6) is -0.254. The molecule has 0 aliphatic rings. The van der Waals surface area contributed by atoms with Crippen LogP contribution >= 0.6 is 0 Å². The molecule has 0 saturated carbocycles. The van der Waals surface area contributed by atoms with Gasteiger partial charge in [0.05, 0.1) is 0 Å². The molecule has 0 aliphatic heterocycles. The lowest BCUT2D eigenvalue weighted by Crippen LogP contribution is -2.08. The van der Waals surface area contributed by atoms with E-state index in [1.807, 2.05) is 24.3 Å².